The molecule has 0 unspecified atom stereocenters. The van der Waals surface area contributed by atoms with Crippen LogP contribution in [0.25, 0.3) is 0 Å². The van der Waals surface area contributed by atoms with Crippen molar-refractivity contribution in [3.63, 3.8) is 0 Å². The Morgan fingerprint density at radius 3 is 2.53 bits per heavy atom. The molecular weight excluding hydrogens is 184 g/mol. The fourth-order valence-corrected chi connectivity index (χ4v) is 1.86. The maximum Gasteiger partial charge on any atom is 0.108 e. The molecule has 2 rings (SSSR count). The number of rotatable bonds is 3. The lowest BCUT2D eigenvalue weighted by molar-refractivity contribution is 0.520. The third kappa shape index (κ3) is 2.30. The van der Waals surface area contributed by atoms with Crippen molar-refractivity contribution < 1.29 is 4.42 Å². The van der Waals surface area contributed by atoms with E-state index in [-0.39, 0.29) is 0 Å². The maximum atomic E-state index is 5.37. The van der Waals surface area contributed by atoms with Crippen LogP contribution in [0.2, 0.25) is 0 Å². The van der Waals surface area contributed by atoms with E-state index in [4.69, 9.17) is 4.42 Å². The van der Waals surface area contributed by atoms with Gasteiger partial charge in [-0.2, -0.15) is 0 Å². The lowest BCUT2D eigenvalue weighted by Gasteiger charge is -2.11. The molecule has 1 heteroatoms. The first-order valence-corrected chi connectivity index (χ1v) is 5.37. The molecule has 0 amide bonds. The second kappa shape index (κ2) is 4.35. The van der Waals surface area contributed by atoms with Crippen LogP contribution in [-0.2, 0) is 6.42 Å². The van der Waals surface area contributed by atoms with Gasteiger partial charge in [0.05, 0.1) is 6.26 Å². The molecule has 1 nitrogen and oxygen atoms in total. The minimum Gasteiger partial charge on any atom is -0.469 e. The molecule has 0 aliphatic heterocycles. The highest BCUT2D eigenvalue weighted by atomic mass is 16.3. The van der Waals surface area contributed by atoms with E-state index in [2.05, 4.69) is 38.1 Å². The van der Waals surface area contributed by atoms with Gasteiger partial charge in [-0.05, 0) is 29.2 Å². The Hall–Kier alpha value is -1.50. The molecule has 1 heterocycles. The molecule has 0 saturated carbocycles. The van der Waals surface area contributed by atoms with Crippen LogP contribution in [0.15, 0.2) is 47.1 Å². The molecule has 0 bridgehead atoms. The van der Waals surface area contributed by atoms with E-state index in [1.165, 1.54) is 11.1 Å². The zero-order valence-corrected chi connectivity index (χ0v) is 9.23. The summed E-state index contributed by atoms with van der Waals surface area (Å²) in [7, 11) is 0. The number of hydrogen-bond donors (Lipinski definition) is 0. The summed E-state index contributed by atoms with van der Waals surface area (Å²) in [5, 5.41) is 0. The quantitative estimate of drug-likeness (QED) is 0.730. The summed E-state index contributed by atoms with van der Waals surface area (Å²) in [6.45, 7) is 4.45. The molecule has 15 heavy (non-hydrogen) atoms. The predicted molar refractivity (Wildman–Crippen MR) is 62.0 cm³/mol. The molecule has 2 aromatic rings. The van der Waals surface area contributed by atoms with Gasteiger partial charge in [-0.3, -0.25) is 0 Å². The second-order valence-electron chi connectivity index (χ2n) is 4.11. The van der Waals surface area contributed by atoms with Crippen LogP contribution >= 0.6 is 0 Å². The zero-order valence-electron chi connectivity index (χ0n) is 9.23. The first kappa shape index (κ1) is 10.0. The molecule has 0 aliphatic rings. The van der Waals surface area contributed by atoms with E-state index in [1.807, 2.05) is 12.1 Å². The Labute approximate surface area is 90.7 Å². The average molecular weight is 200 g/mol. The van der Waals surface area contributed by atoms with Gasteiger partial charge < -0.3 is 4.42 Å². The third-order valence-corrected chi connectivity index (χ3v) is 2.62. The van der Waals surface area contributed by atoms with Crippen molar-refractivity contribution in [1.82, 2.24) is 0 Å². The van der Waals surface area contributed by atoms with Crippen molar-refractivity contribution >= 4 is 0 Å². The standard InChI is InChI=1S/C14H16O/c1-11(2)14-8-4-3-6-12(14)10-13-7-5-9-15-13/h3-9,11H,10H2,1-2H3. The van der Waals surface area contributed by atoms with E-state index in [1.54, 1.807) is 6.26 Å². The molecule has 78 valence electrons. The Bertz CT molecular complexity index is 413. The first-order chi connectivity index (χ1) is 7.27. The van der Waals surface area contributed by atoms with Crippen molar-refractivity contribution in [2.24, 2.45) is 0 Å². The summed E-state index contributed by atoms with van der Waals surface area (Å²) in [4.78, 5) is 0. The Kier molecular flexibility index (Phi) is 2.91. The van der Waals surface area contributed by atoms with Crippen molar-refractivity contribution in [2.45, 2.75) is 26.2 Å². The zero-order chi connectivity index (χ0) is 10.7. The smallest absolute Gasteiger partial charge is 0.108 e. The molecule has 1 aromatic heterocycles. The first-order valence-electron chi connectivity index (χ1n) is 5.37. The van der Waals surface area contributed by atoms with Crippen molar-refractivity contribution in [1.29, 1.82) is 0 Å². The van der Waals surface area contributed by atoms with Gasteiger partial charge in [0.15, 0.2) is 0 Å². The van der Waals surface area contributed by atoms with Crippen molar-refractivity contribution in [2.75, 3.05) is 0 Å². The summed E-state index contributed by atoms with van der Waals surface area (Å²) in [5.74, 6) is 1.60. The van der Waals surface area contributed by atoms with Gasteiger partial charge in [-0.15, -0.1) is 0 Å². The molecule has 1 aromatic carbocycles. The number of hydrogen-bond acceptors (Lipinski definition) is 1. The minimum atomic E-state index is 0.566. The highest BCUT2D eigenvalue weighted by molar-refractivity contribution is 5.32. The molecule has 0 radical (unpaired) electrons. The van der Waals surface area contributed by atoms with Gasteiger partial charge >= 0.3 is 0 Å². The van der Waals surface area contributed by atoms with Crippen LogP contribution in [0.4, 0.5) is 0 Å². The molecule has 0 fully saturated rings. The Balaban J connectivity index is 2.28. The van der Waals surface area contributed by atoms with Crippen molar-refractivity contribution in [3.05, 3.63) is 59.5 Å². The number of furan rings is 1. The Morgan fingerprint density at radius 1 is 1.07 bits per heavy atom. The van der Waals surface area contributed by atoms with E-state index >= 15 is 0 Å². The molecule has 0 aliphatic carbocycles. The lowest BCUT2D eigenvalue weighted by atomic mass is 9.95. The van der Waals surface area contributed by atoms with Crippen LogP contribution < -0.4 is 0 Å². The second-order valence-corrected chi connectivity index (χ2v) is 4.11. The highest BCUT2D eigenvalue weighted by Gasteiger charge is 2.07. The molecular formula is C14H16O. The largest absolute Gasteiger partial charge is 0.469 e. The van der Waals surface area contributed by atoms with E-state index in [0.29, 0.717) is 5.92 Å². The SMILES string of the molecule is CC(C)c1ccccc1Cc1ccco1. The predicted octanol–water partition coefficient (Wildman–Crippen LogP) is 3.99. The Morgan fingerprint density at radius 2 is 1.87 bits per heavy atom. The molecule has 0 saturated heterocycles. The van der Waals surface area contributed by atoms with Crippen LogP contribution in [0.1, 0.15) is 36.7 Å². The van der Waals surface area contributed by atoms with Crippen LogP contribution in [0.5, 0.6) is 0 Å². The monoisotopic (exact) mass is 200 g/mol. The van der Waals surface area contributed by atoms with Gasteiger partial charge in [-0.1, -0.05) is 38.1 Å². The fraction of sp³-hybridized carbons (Fsp3) is 0.286. The molecule has 0 N–H and O–H groups in total. The topological polar surface area (TPSA) is 13.1 Å². The van der Waals surface area contributed by atoms with E-state index in [9.17, 15) is 0 Å². The van der Waals surface area contributed by atoms with E-state index in [0.717, 1.165) is 12.2 Å². The van der Waals surface area contributed by atoms with Gasteiger partial charge in [0.1, 0.15) is 5.76 Å². The number of benzene rings is 1. The summed E-state index contributed by atoms with van der Waals surface area (Å²) >= 11 is 0. The van der Waals surface area contributed by atoms with Gasteiger partial charge in [0.25, 0.3) is 0 Å². The summed E-state index contributed by atoms with van der Waals surface area (Å²) < 4.78 is 5.37. The van der Waals surface area contributed by atoms with Crippen LogP contribution in [0, 0.1) is 0 Å². The van der Waals surface area contributed by atoms with Gasteiger partial charge in [0.2, 0.25) is 0 Å². The van der Waals surface area contributed by atoms with Gasteiger partial charge in [-0.25, -0.2) is 0 Å². The molecule has 0 spiro atoms. The fourth-order valence-electron chi connectivity index (χ4n) is 1.86. The maximum absolute atomic E-state index is 5.37. The summed E-state index contributed by atoms with van der Waals surface area (Å²) in [6.07, 6.45) is 2.62. The van der Waals surface area contributed by atoms with E-state index < -0.39 is 0 Å². The highest BCUT2D eigenvalue weighted by Crippen LogP contribution is 2.21. The average Bonchev–Trinajstić information content (AvgIpc) is 2.71. The van der Waals surface area contributed by atoms with Crippen molar-refractivity contribution in [3.8, 4) is 0 Å². The summed E-state index contributed by atoms with van der Waals surface area (Å²) in [6, 6.07) is 12.5. The van der Waals surface area contributed by atoms with Crippen LogP contribution in [0.3, 0.4) is 0 Å². The summed E-state index contributed by atoms with van der Waals surface area (Å²) in [5.41, 5.74) is 2.77. The van der Waals surface area contributed by atoms with Gasteiger partial charge in [0, 0.05) is 6.42 Å². The normalized spacial score (nSPS) is 10.9. The lowest BCUT2D eigenvalue weighted by Crippen LogP contribution is -1.96. The molecule has 0 atom stereocenters. The third-order valence-electron chi connectivity index (χ3n) is 2.62. The van der Waals surface area contributed by atoms with Crippen LogP contribution in [-0.4, -0.2) is 0 Å². The minimum absolute atomic E-state index is 0.566.